The topological polar surface area (TPSA) is 96.2 Å². The van der Waals surface area contributed by atoms with Gasteiger partial charge in [0.05, 0.1) is 25.7 Å². The molecule has 2 aliphatic rings. The summed E-state index contributed by atoms with van der Waals surface area (Å²) in [6.07, 6.45) is 2.14. The van der Waals surface area contributed by atoms with Crippen LogP contribution in [0.3, 0.4) is 0 Å². The van der Waals surface area contributed by atoms with Crippen LogP contribution in [0.15, 0.2) is 30.3 Å². The Labute approximate surface area is 188 Å². The minimum atomic E-state index is -0.500. The van der Waals surface area contributed by atoms with Crippen molar-refractivity contribution in [1.29, 1.82) is 0 Å². The van der Waals surface area contributed by atoms with E-state index in [2.05, 4.69) is 45.4 Å². The summed E-state index contributed by atoms with van der Waals surface area (Å²) >= 11 is 7.96. The number of hydrogen-bond acceptors (Lipinski definition) is 8. The van der Waals surface area contributed by atoms with Gasteiger partial charge in [-0.2, -0.15) is 4.98 Å². The molecule has 4 heterocycles. The number of non-ortho nitro benzene ring substituents is 1. The number of nitrogens with zero attached hydrogens (tertiary/aromatic N) is 4. The fourth-order valence-electron chi connectivity index (χ4n) is 4.34. The van der Waals surface area contributed by atoms with Gasteiger partial charge in [0, 0.05) is 43.9 Å². The lowest BCUT2D eigenvalue weighted by Gasteiger charge is -2.33. The van der Waals surface area contributed by atoms with Crippen LogP contribution in [0.2, 0.25) is 5.28 Å². The Morgan fingerprint density at radius 1 is 1.23 bits per heavy atom. The SMILES string of the molecule is CC1=CC(C)(c2ccc([N+](=O)[O-])cc2)Nc2sc3c(N4CCNCC4)nc(Cl)nc3c21. The Kier molecular flexibility index (Phi) is 4.84. The van der Waals surface area contributed by atoms with Crippen molar-refractivity contribution in [2.45, 2.75) is 19.4 Å². The highest BCUT2D eigenvalue weighted by atomic mass is 35.5. The molecule has 5 rings (SSSR count). The van der Waals surface area contributed by atoms with Gasteiger partial charge in [0.2, 0.25) is 5.28 Å². The first-order valence-corrected chi connectivity index (χ1v) is 11.2. The van der Waals surface area contributed by atoms with E-state index in [9.17, 15) is 10.1 Å². The first kappa shape index (κ1) is 20.2. The zero-order valence-electron chi connectivity index (χ0n) is 17.1. The number of thiophene rings is 1. The van der Waals surface area contributed by atoms with Crippen molar-refractivity contribution in [1.82, 2.24) is 15.3 Å². The van der Waals surface area contributed by atoms with Crippen molar-refractivity contribution in [3.8, 4) is 0 Å². The molecule has 3 aromatic rings. The molecule has 1 fully saturated rings. The monoisotopic (exact) mass is 456 g/mol. The van der Waals surface area contributed by atoms with E-state index in [1.165, 1.54) is 0 Å². The molecule has 160 valence electrons. The highest BCUT2D eigenvalue weighted by Crippen LogP contribution is 2.48. The molecular weight excluding hydrogens is 436 g/mol. The summed E-state index contributed by atoms with van der Waals surface area (Å²) in [5, 5.41) is 19.3. The van der Waals surface area contributed by atoms with Gasteiger partial charge in [-0.1, -0.05) is 6.08 Å². The minimum Gasteiger partial charge on any atom is -0.364 e. The largest absolute Gasteiger partial charge is 0.364 e. The maximum atomic E-state index is 11.0. The first-order valence-electron chi connectivity index (χ1n) is 10.0. The van der Waals surface area contributed by atoms with Gasteiger partial charge in [-0.15, -0.1) is 11.3 Å². The molecule has 2 N–H and O–H groups in total. The van der Waals surface area contributed by atoms with E-state index in [0.717, 1.165) is 63.9 Å². The fraction of sp³-hybridized carbons (Fsp3) is 0.333. The second-order valence-corrected chi connectivity index (χ2v) is 9.35. The van der Waals surface area contributed by atoms with E-state index in [-0.39, 0.29) is 15.9 Å². The summed E-state index contributed by atoms with van der Waals surface area (Å²) in [6.45, 7) is 7.69. The quantitative estimate of drug-likeness (QED) is 0.342. The zero-order chi connectivity index (χ0) is 21.8. The number of fused-ring (bicyclic) bond motifs is 3. The molecule has 2 aliphatic heterocycles. The molecule has 1 unspecified atom stereocenters. The van der Waals surface area contributed by atoms with E-state index >= 15 is 0 Å². The van der Waals surface area contributed by atoms with Gasteiger partial charge in [-0.3, -0.25) is 10.1 Å². The van der Waals surface area contributed by atoms with Crippen molar-refractivity contribution < 1.29 is 4.92 Å². The second kappa shape index (κ2) is 7.44. The number of nitro benzene ring substituents is 1. The smallest absolute Gasteiger partial charge is 0.269 e. The Bertz CT molecular complexity index is 1220. The molecule has 0 aliphatic carbocycles. The minimum absolute atomic E-state index is 0.0805. The maximum absolute atomic E-state index is 11.0. The summed E-state index contributed by atoms with van der Waals surface area (Å²) in [4.78, 5) is 22.0. The Hall–Kier alpha value is -2.75. The van der Waals surface area contributed by atoms with Gasteiger partial charge in [0.25, 0.3) is 5.69 Å². The van der Waals surface area contributed by atoms with E-state index in [0.29, 0.717) is 0 Å². The Morgan fingerprint density at radius 2 is 1.94 bits per heavy atom. The maximum Gasteiger partial charge on any atom is 0.269 e. The molecule has 0 radical (unpaired) electrons. The summed E-state index contributed by atoms with van der Waals surface area (Å²) < 4.78 is 1.02. The normalized spacial score (nSPS) is 20.9. The number of hydrogen-bond donors (Lipinski definition) is 2. The standard InChI is InChI=1S/C21H21ClN6O2S/c1-12-11-21(2,13-3-5-14(6-4-13)28(29)30)26-19-15(12)16-17(31-19)18(25-20(22)24-16)27-9-7-23-8-10-27/h3-6,11,23,26H,7-10H2,1-2H3. The van der Waals surface area contributed by atoms with E-state index in [1.54, 1.807) is 35.6 Å². The molecular formula is C21H21ClN6O2S. The average molecular weight is 457 g/mol. The van der Waals surface area contributed by atoms with Crippen LogP contribution in [0.1, 0.15) is 25.0 Å². The molecule has 8 nitrogen and oxygen atoms in total. The molecule has 1 atom stereocenters. The number of anilines is 2. The third-order valence-electron chi connectivity index (χ3n) is 5.86. The van der Waals surface area contributed by atoms with Crippen molar-refractivity contribution in [3.05, 3.63) is 56.9 Å². The van der Waals surface area contributed by atoms with Crippen LogP contribution in [0.4, 0.5) is 16.5 Å². The number of piperazine rings is 1. The third kappa shape index (κ3) is 3.42. The average Bonchev–Trinajstić information content (AvgIpc) is 3.11. The lowest BCUT2D eigenvalue weighted by Crippen LogP contribution is -2.44. The molecule has 0 amide bonds. The predicted molar refractivity (Wildman–Crippen MR) is 125 cm³/mol. The lowest BCUT2D eigenvalue weighted by atomic mass is 9.86. The van der Waals surface area contributed by atoms with Crippen molar-refractivity contribution in [2.75, 3.05) is 36.4 Å². The van der Waals surface area contributed by atoms with Crippen LogP contribution in [0.25, 0.3) is 15.8 Å². The van der Waals surface area contributed by atoms with Gasteiger partial charge < -0.3 is 15.5 Å². The van der Waals surface area contributed by atoms with Crippen LogP contribution >= 0.6 is 22.9 Å². The van der Waals surface area contributed by atoms with Gasteiger partial charge in [-0.05, 0) is 48.7 Å². The van der Waals surface area contributed by atoms with Crippen LogP contribution in [-0.4, -0.2) is 41.1 Å². The number of benzene rings is 1. The number of allylic oxidation sites excluding steroid dienone is 1. The van der Waals surface area contributed by atoms with Crippen molar-refractivity contribution in [3.63, 3.8) is 0 Å². The fourth-order valence-corrected chi connectivity index (χ4v) is 5.84. The van der Waals surface area contributed by atoms with Crippen molar-refractivity contribution in [2.24, 2.45) is 0 Å². The zero-order valence-corrected chi connectivity index (χ0v) is 18.7. The highest BCUT2D eigenvalue weighted by molar-refractivity contribution is 7.23. The Morgan fingerprint density at radius 3 is 2.61 bits per heavy atom. The number of nitro groups is 1. The molecule has 1 aromatic carbocycles. The molecule has 0 spiro atoms. The number of nitrogens with one attached hydrogen (secondary N) is 2. The van der Waals surface area contributed by atoms with E-state index < -0.39 is 5.54 Å². The van der Waals surface area contributed by atoms with Gasteiger partial charge in [0.15, 0.2) is 5.82 Å². The van der Waals surface area contributed by atoms with Gasteiger partial charge in [0.1, 0.15) is 0 Å². The highest BCUT2D eigenvalue weighted by Gasteiger charge is 2.33. The summed E-state index contributed by atoms with van der Waals surface area (Å²) in [5.74, 6) is 0.877. The first-order chi connectivity index (χ1) is 14.9. The Balaban J connectivity index is 1.60. The molecule has 31 heavy (non-hydrogen) atoms. The number of halogens is 1. The van der Waals surface area contributed by atoms with Crippen LogP contribution < -0.4 is 15.5 Å². The lowest BCUT2D eigenvalue weighted by molar-refractivity contribution is -0.384. The number of aromatic nitrogens is 2. The number of rotatable bonds is 3. The summed E-state index contributed by atoms with van der Waals surface area (Å²) in [5.41, 5.74) is 3.52. The van der Waals surface area contributed by atoms with Crippen LogP contribution in [0, 0.1) is 10.1 Å². The summed E-state index contributed by atoms with van der Waals surface area (Å²) in [7, 11) is 0. The van der Waals surface area contributed by atoms with E-state index in [4.69, 9.17) is 11.6 Å². The van der Waals surface area contributed by atoms with Gasteiger partial charge in [-0.25, -0.2) is 4.98 Å². The van der Waals surface area contributed by atoms with Crippen LogP contribution in [-0.2, 0) is 5.54 Å². The summed E-state index contributed by atoms with van der Waals surface area (Å²) in [6, 6.07) is 6.69. The van der Waals surface area contributed by atoms with Crippen molar-refractivity contribution >= 4 is 55.2 Å². The molecule has 0 saturated carbocycles. The van der Waals surface area contributed by atoms with E-state index in [1.807, 2.05) is 0 Å². The van der Waals surface area contributed by atoms with Crippen LogP contribution in [0.5, 0.6) is 0 Å². The predicted octanol–water partition coefficient (Wildman–Crippen LogP) is 4.41. The van der Waals surface area contributed by atoms with Gasteiger partial charge >= 0.3 is 0 Å². The molecule has 10 heteroatoms. The molecule has 0 bridgehead atoms. The second-order valence-electron chi connectivity index (χ2n) is 8.00. The third-order valence-corrected chi connectivity index (χ3v) is 7.11. The molecule has 2 aromatic heterocycles. The molecule has 1 saturated heterocycles.